The number of hydrogen-bond donors (Lipinski definition) is 1. The van der Waals surface area contributed by atoms with Crippen LogP contribution in [0.1, 0.15) is 21.1 Å². The summed E-state index contributed by atoms with van der Waals surface area (Å²) in [5, 5.41) is 2.72. The Labute approximate surface area is 121 Å². The molecule has 0 unspecified atom stereocenters. The summed E-state index contributed by atoms with van der Waals surface area (Å²) in [6.45, 7) is 1.94. The minimum absolute atomic E-state index is 0.0763. The molecule has 1 aromatic heterocycles. The number of nitrogens with zero attached hydrogens (tertiary/aromatic N) is 1. The zero-order chi connectivity index (χ0) is 14.0. The van der Waals surface area contributed by atoms with E-state index >= 15 is 0 Å². The largest absolute Gasteiger partial charge is 0.456 e. The number of benzene rings is 1. The van der Waals surface area contributed by atoms with E-state index in [9.17, 15) is 9.18 Å². The first-order valence-corrected chi connectivity index (χ1v) is 6.97. The van der Waals surface area contributed by atoms with E-state index < -0.39 is 11.8 Å². The van der Waals surface area contributed by atoms with Gasteiger partial charge in [0.05, 0.1) is 22.0 Å². The molecule has 0 aliphatic heterocycles. The summed E-state index contributed by atoms with van der Waals surface area (Å²) in [5.74, 6) is -1.16. The summed E-state index contributed by atoms with van der Waals surface area (Å²) >= 11 is 4.58. The molecule has 0 spiro atoms. The molecule has 0 atom stereocenters. The highest BCUT2D eigenvalue weighted by Crippen LogP contribution is 2.24. The Morgan fingerprint density at radius 3 is 2.95 bits per heavy atom. The first kappa shape index (κ1) is 14.0. The van der Waals surface area contributed by atoms with E-state index in [-0.39, 0.29) is 17.9 Å². The standard InChI is InChI=1S/C12H10BrFN2O2S/c1-6-16-7(5-19-6)4-18-12(17)8-2-11(15)10(14)3-9(8)13/h2-3,5H,4,15H2,1H3. The van der Waals surface area contributed by atoms with Crippen LogP contribution in [0.5, 0.6) is 0 Å². The van der Waals surface area contributed by atoms with Gasteiger partial charge < -0.3 is 10.5 Å². The summed E-state index contributed by atoms with van der Waals surface area (Å²) in [6, 6.07) is 2.38. The third-order valence-electron chi connectivity index (χ3n) is 2.32. The van der Waals surface area contributed by atoms with Crippen LogP contribution in [0.15, 0.2) is 22.0 Å². The molecule has 19 heavy (non-hydrogen) atoms. The lowest BCUT2D eigenvalue weighted by molar-refractivity contribution is 0.0467. The number of thiazole rings is 1. The number of nitrogens with two attached hydrogens (primary N) is 1. The summed E-state index contributed by atoms with van der Waals surface area (Å²) < 4.78 is 18.6. The van der Waals surface area contributed by atoms with Crippen molar-refractivity contribution in [2.75, 3.05) is 5.73 Å². The van der Waals surface area contributed by atoms with Crippen molar-refractivity contribution in [2.45, 2.75) is 13.5 Å². The minimum Gasteiger partial charge on any atom is -0.456 e. The molecule has 0 aliphatic carbocycles. The highest BCUT2D eigenvalue weighted by atomic mass is 79.9. The van der Waals surface area contributed by atoms with Crippen LogP contribution in [-0.2, 0) is 11.3 Å². The quantitative estimate of drug-likeness (QED) is 0.685. The van der Waals surface area contributed by atoms with Gasteiger partial charge in [0.25, 0.3) is 0 Å². The lowest BCUT2D eigenvalue weighted by Crippen LogP contribution is -2.08. The van der Waals surface area contributed by atoms with E-state index in [1.54, 1.807) is 0 Å². The number of anilines is 1. The molecule has 0 bridgehead atoms. The van der Waals surface area contributed by atoms with E-state index in [4.69, 9.17) is 10.5 Å². The lowest BCUT2D eigenvalue weighted by atomic mass is 10.2. The molecule has 4 nitrogen and oxygen atoms in total. The van der Waals surface area contributed by atoms with Crippen LogP contribution in [0, 0.1) is 12.7 Å². The number of carbonyl (C=O) groups excluding carboxylic acids is 1. The fraction of sp³-hybridized carbons (Fsp3) is 0.167. The van der Waals surface area contributed by atoms with Crippen molar-refractivity contribution in [2.24, 2.45) is 0 Å². The van der Waals surface area contributed by atoms with Gasteiger partial charge in [-0.1, -0.05) is 0 Å². The SMILES string of the molecule is Cc1nc(COC(=O)c2cc(N)c(F)cc2Br)cs1. The molecular weight excluding hydrogens is 335 g/mol. The molecule has 2 aromatic rings. The second-order valence-electron chi connectivity index (χ2n) is 3.79. The average molecular weight is 345 g/mol. The fourth-order valence-corrected chi connectivity index (χ4v) is 2.49. The van der Waals surface area contributed by atoms with Crippen LogP contribution >= 0.6 is 27.3 Å². The van der Waals surface area contributed by atoms with Crippen LogP contribution < -0.4 is 5.73 Å². The summed E-state index contributed by atoms with van der Waals surface area (Å²) in [5.41, 5.74) is 6.19. The molecule has 0 saturated carbocycles. The monoisotopic (exact) mass is 344 g/mol. The number of rotatable bonds is 3. The number of nitrogen functional groups attached to an aromatic ring is 1. The minimum atomic E-state index is -0.585. The van der Waals surface area contributed by atoms with Crippen LogP contribution in [0.2, 0.25) is 0 Å². The molecule has 0 saturated heterocycles. The van der Waals surface area contributed by atoms with Gasteiger partial charge in [0, 0.05) is 9.85 Å². The molecular formula is C12H10BrFN2O2S. The normalized spacial score (nSPS) is 10.5. The van der Waals surface area contributed by atoms with Crippen LogP contribution in [0.3, 0.4) is 0 Å². The Bertz CT molecular complexity index is 630. The van der Waals surface area contributed by atoms with Gasteiger partial charge in [-0.2, -0.15) is 0 Å². The molecule has 100 valence electrons. The molecule has 1 aromatic carbocycles. The Morgan fingerprint density at radius 1 is 1.58 bits per heavy atom. The molecule has 0 radical (unpaired) electrons. The van der Waals surface area contributed by atoms with Gasteiger partial charge in [-0.3, -0.25) is 0 Å². The number of hydrogen-bond acceptors (Lipinski definition) is 5. The zero-order valence-electron chi connectivity index (χ0n) is 9.94. The molecule has 1 heterocycles. The van der Waals surface area contributed by atoms with Gasteiger partial charge in [0.1, 0.15) is 12.4 Å². The smallest absolute Gasteiger partial charge is 0.339 e. The third kappa shape index (κ3) is 3.30. The predicted octanol–water partition coefficient (Wildman–Crippen LogP) is 3.29. The molecule has 0 amide bonds. The maximum atomic E-state index is 13.2. The van der Waals surface area contributed by atoms with Crippen molar-refractivity contribution >= 4 is 38.9 Å². The molecule has 7 heteroatoms. The van der Waals surface area contributed by atoms with Crippen molar-refractivity contribution in [3.05, 3.63) is 44.1 Å². The van der Waals surface area contributed by atoms with Crippen molar-refractivity contribution in [1.82, 2.24) is 4.98 Å². The number of esters is 1. The van der Waals surface area contributed by atoms with Gasteiger partial charge in [0.15, 0.2) is 0 Å². The second kappa shape index (κ2) is 5.66. The Morgan fingerprint density at radius 2 is 2.32 bits per heavy atom. The highest BCUT2D eigenvalue weighted by Gasteiger charge is 2.15. The second-order valence-corrected chi connectivity index (χ2v) is 5.70. The van der Waals surface area contributed by atoms with Gasteiger partial charge in [-0.25, -0.2) is 14.2 Å². The zero-order valence-corrected chi connectivity index (χ0v) is 12.3. The highest BCUT2D eigenvalue weighted by molar-refractivity contribution is 9.10. The van der Waals surface area contributed by atoms with Crippen molar-refractivity contribution in [1.29, 1.82) is 0 Å². The van der Waals surface area contributed by atoms with Gasteiger partial charge in [-0.15, -0.1) is 11.3 Å². The fourth-order valence-electron chi connectivity index (χ4n) is 1.41. The van der Waals surface area contributed by atoms with Crippen LogP contribution in [-0.4, -0.2) is 11.0 Å². The summed E-state index contributed by atoms with van der Waals surface area (Å²) in [7, 11) is 0. The molecule has 2 rings (SSSR count). The maximum absolute atomic E-state index is 13.2. The number of aromatic nitrogens is 1. The molecule has 2 N–H and O–H groups in total. The number of halogens is 2. The van der Waals surface area contributed by atoms with E-state index in [1.807, 2.05) is 12.3 Å². The van der Waals surface area contributed by atoms with Crippen LogP contribution in [0.25, 0.3) is 0 Å². The Hall–Kier alpha value is -1.47. The van der Waals surface area contributed by atoms with E-state index in [0.717, 1.165) is 11.1 Å². The number of ether oxygens (including phenoxy) is 1. The van der Waals surface area contributed by atoms with Crippen molar-refractivity contribution in [3.63, 3.8) is 0 Å². The van der Waals surface area contributed by atoms with Gasteiger partial charge in [-0.05, 0) is 35.0 Å². The van der Waals surface area contributed by atoms with Crippen molar-refractivity contribution in [3.8, 4) is 0 Å². The van der Waals surface area contributed by atoms with Crippen molar-refractivity contribution < 1.29 is 13.9 Å². The van der Waals surface area contributed by atoms with Gasteiger partial charge in [0.2, 0.25) is 0 Å². The van der Waals surface area contributed by atoms with E-state index in [0.29, 0.717) is 10.2 Å². The summed E-state index contributed by atoms with van der Waals surface area (Å²) in [4.78, 5) is 16.0. The average Bonchev–Trinajstić information content (AvgIpc) is 2.77. The predicted molar refractivity (Wildman–Crippen MR) is 74.5 cm³/mol. The van der Waals surface area contributed by atoms with Gasteiger partial charge >= 0.3 is 5.97 Å². The van der Waals surface area contributed by atoms with E-state index in [1.165, 1.54) is 17.4 Å². The number of aryl methyl sites for hydroxylation is 1. The first-order chi connectivity index (χ1) is 8.97. The lowest BCUT2D eigenvalue weighted by Gasteiger charge is -2.06. The third-order valence-corrected chi connectivity index (χ3v) is 3.80. The maximum Gasteiger partial charge on any atom is 0.339 e. The molecule has 0 aliphatic rings. The Kier molecular flexibility index (Phi) is 4.16. The number of carbonyl (C=O) groups is 1. The van der Waals surface area contributed by atoms with E-state index in [2.05, 4.69) is 20.9 Å². The molecule has 0 fully saturated rings. The topological polar surface area (TPSA) is 65.2 Å². The first-order valence-electron chi connectivity index (χ1n) is 5.30. The van der Waals surface area contributed by atoms with Crippen LogP contribution in [0.4, 0.5) is 10.1 Å². The summed E-state index contributed by atoms with van der Waals surface area (Å²) in [6.07, 6.45) is 0. The Balaban J connectivity index is 2.10.